The van der Waals surface area contributed by atoms with E-state index in [1.54, 1.807) is 6.07 Å². The summed E-state index contributed by atoms with van der Waals surface area (Å²) in [5, 5.41) is 32.1. The van der Waals surface area contributed by atoms with Crippen LogP contribution in [0, 0.1) is 21.4 Å². The Bertz CT molecular complexity index is 870. The van der Waals surface area contributed by atoms with E-state index in [4.69, 9.17) is 5.26 Å². The van der Waals surface area contributed by atoms with Crippen LogP contribution in [0.25, 0.3) is 6.08 Å². The van der Waals surface area contributed by atoms with Gasteiger partial charge >= 0.3 is 5.69 Å². The quantitative estimate of drug-likeness (QED) is 0.261. The van der Waals surface area contributed by atoms with Gasteiger partial charge in [-0.25, -0.2) is 0 Å². The molecule has 2 aromatic carbocycles. The van der Waals surface area contributed by atoms with Crippen LogP contribution in [0.4, 0.5) is 5.69 Å². The molecule has 2 N–H and O–H groups in total. The minimum atomic E-state index is -0.734. The van der Waals surface area contributed by atoms with Crippen molar-refractivity contribution >= 4 is 17.7 Å². The van der Waals surface area contributed by atoms with Crippen molar-refractivity contribution in [3.63, 3.8) is 0 Å². The van der Waals surface area contributed by atoms with E-state index in [9.17, 15) is 20.0 Å². The Labute approximate surface area is 150 Å². The maximum Gasteiger partial charge on any atom is 0.311 e. The maximum atomic E-state index is 12.1. The number of carbonyl (C=O) groups excluding carboxylic acids is 1. The number of nitrogens with zero attached hydrogens (tertiary/aromatic N) is 2. The predicted octanol–water partition coefficient (Wildman–Crippen LogP) is 2.96. The molecule has 0 saturated carbocycles. The lowest BCUT2D eigenvalue weighted by Gasteiger charge is -2.05. The Morgan fingerprint density at radius 2 is 2.00 bits per heavy atom. The lowest BCUT2D eigenvalue weighted by molar-refractivity contribution is -0.385. The fourth-order valence-electron chi connectivity index (χ4n) is 2.33. The van der Waals surface area contributed by atoms with Crippen LogP contribution in [0.2, 0.25) is 0 Å². The van der Waals surface area contributed by atoms with Gasteiger partial charge in [-0.15, -0.1) is 0 Å². The van der Waals surface area contributed by atoms with Gasteiger partial charge in [-0.3, -0.25) is 14.9 Å². The number of phenols is 1. The molecule has 7 nitrogen and oxygen atoms in total. The number of phenolic OH excluding ortho intramolecular Hbond substituents is 1. The molecule has 0 heterocycles. The summed E-state index contributed by atoms with van der Waals surface area (Å²) in [4.78, 5) is 22.2. The van der Waals surface area contributed by atoms with Gasteiger partial charge in [-0.1, -0.05) is 36.4 Å². The molecule has 7 heteroatoms. The van der Waals surface area contributed by atoms with Crippen molar-refractivity contribution in [3.8, 4) is 11.8 Å². The Morgan fingerprint density at radius 1 is 1.27 bits per heavy atom. The second-order valence-corrected chi connectivity index (χ2v) is 5.52. The van der Waals surface area contributed by atoms with E-state index >= 15 is 0 Å². The number of benzene rings is 2. The zero-order valence-electron chi connectivity index (χ0n) is 13.9. The molecule has 2 aromatic rings. The summed E-state index contributed by atoms with van der Waals surface area (Å²) in [6, 6.07) is 15.3. The van der Waals surface area contributed by atoms with Gasteiger partial charge < -0.3 is 10.4 Å². The molecule has 0 atom stereocenters. The third-order valence-corrected chi connectivity index (χ3v) is 3.64. The zero-order chi connectivity index (χ0) is 18.9. The average Bonchev–Trinajstić information content (AvgIpc) is 2.65. The molecule has 0 aliphatic carbocycles. The fourth-order valence-corrected chi connectivity index (χ4v) is 2.33. The van der Waals surface area contributed by atoms with E-state index in [-0.39, 0.29) is 11.1 Å². The molecule has 0 aromatic heterocycles. The molecule has 2 rings (SSSR count). The maximum absolute atomic E-state index is 12.1. The van der Waals surface area contributed by atoms with Crippen LogP contribution in [-0.2, 0) is 11.2 Å². The highest BCUT2D eigenvalue weighted by Gasteiger charge is 2.14. The predicted molar refractivity (Wildman–Crippen MR) is 96.1 cm³/mol. The van der Waals surface area contributed by atoms with Gasteiger partial charge in [0.05, 0.1) is 4.92 Å². The van der Waals surface area contributed by atoms with Gasteiger partial charge in [0.15, 0.2) is 5.75 Å². The Balaban J connectivity index is 1.98. The number of rotatable bonds is 7. The van der Waals surface area contributed by atoms with Crippen LogP contribution in [0.3, 0.4) is 0 Å². The van der Waals surface area contributed by atoms with E-state index in [0.717, 1.165) is 30.5 Å². The number of amides is 1. The van der Waals surface area contributed by atoms with Crippen molar-refractivity contribution in [1.29, 1.82) is 5.26 Å². The number of aryl methyl sites for hydroxylation is 1. The Kier molecular flexibility index (Phi) is 6.46. The summed E-state index contributed by atoms with van der Waals surface area (Å²) in [7, 11) is 0. The summed E-state index contributed by atoms with van der Waals surface area (Å²) >= 11 is 0. The fraction of sp³-hybridized carbons (Fsp3) is 0.158. The molecule has 0 aliphatic heterocycles. The molecular formula is C19H17N3O4. The summed E-state index contributed by atoms with van der Waals surface area (Å²) in [5.41, 5.74) is 0.795. The molecule has 0 saturated heterocycles. The number of hydrogen-bond donors (Lipinski definition) is 2. The van der Waals surface area contributed by atoms with Crippen LogP contribution < -0.4 is 5.32 Å². The average molecular weight is 351 g/mol. The smallest absolute Gasteiger partial charge is 0.311 e. The molecule has 0 spiro atoms. The SMILES string of the molecule is N#C/C(=C/c1ccc(O)c([N+](=O)[O-])c1)C(=O)NCCCc1ccccc1. The van der Waals surface area contributed by atoms with E-state index in [2.05, 4.69) is 5.32 Å². The summed E-state index contributed by atoms with van der Waals surface area (Å²) in [5.74, 6) is -1.02. The van der Waals surface area contributed by atoms with Crippen molar-refractivity contribution in [1.82, 2.24) is 5.32 Å². The highest BCUT2D eigenvalue weighted by molar-refractivity contribution is 6.01. The third kappa shape index (κ3) is 5.18. The topological polar surface area (TPSA) is 116 Å². The number of nitriles is 1. The van der Waals surface area contributed by atoms with Crippen molar-refractivity contribution in [3.05, 3.63) is 75.3 Å². The number of aromatic hydroxyl groups is 1. The molecule has 26 heavy (non-hydrogen) atoms. The normalized spacial score (nSPS) is 10.8. The van der Waals surface area contributed by atoms with Crippen LogP contribution in [0.1, 0.15) is 17.5 Å². The summed E-state index contributed by atoms with van der Waals surface area (Å²) in [6.07, 6.45) is 2.77. The van der Waals surface area contributed by atoms with Crippen LogP contribution in [0.5, 0.6) is 5.75 Å². The minimum Gasteiger partial charge on any atom is -0.502 e. The first-order chi connectivity index (χ1) is 12.5. The standard InChI is InChI=1S/C19H17N3O4/c20-13-16(11-15-8-9-18(23)17(12-15)22(25)26)19(24)21-10-4-7-14-5-2-1-3-6-14/h1-3,5-6,8-9,11-12,23H,4,7,10H2,(H,21,24)/b16-11-. The third-order valence-electron chi connectivity index (χ3n) is 3.64. The summed E-state index contributed by atoms with van der Waals surface area (Å²) in [6.45, 7) is 0.405. The first kappa shape index (κ1) is 18.7. The molecular weight excluding hydrogens is 334 g/mol. The van der Waals surface area contributed by atoms with Crippen LogP contribution in [-0.4, -0.2) is 22.5 Å². The second-order valence-electron chi connectivity index (χ2n) is 5.52. The molecule has 0 radical (unpaired) electrons. The Morgan fingerprint density at radius 3 is 2.65 bits per heavy atom. The van der Waals surface area contributed by atoms with Gasteiger partial charge in [0, 0.05) is 12.6 Å². The van der Waals surface area contributed by atoms with Crippen molar-refractivity contribution in [2.75, 3.05) is 6.54 Å². The van der Waals surface area contributed by atoms with E-state index in [0.29, 0.717) is 6.54 Å². The number of nitro groups is 1. The van der Waals surface area contributed by atoms with Gasteiger partial charge in [0.2, 0.25) is 0 Å². The van der Waals surface area contributed by atoms with E-state index < -0.39 is 22.3 Å². The van der Waals surface area contributed by atoms with Gasteiger partial charge in [0.25, 0.3) is 5.91 Å². The van der Waals surface area contributed by atoms with Crippen molar-refractivity contribution < 1.29 is 14.8 Å². The van der Waals surface area contributed by atoms with Gasteiger partial charge in [-0.2, -0.15) is 5.26 Å². The molecule has 0 unspecified atom stereocenters. The summed E-state index contributed by atoms with van der Waals surface area (Å²) < 4.78 is 0. The molecule has 0 bridgehead atoms. The van der Waals surface area contributed by atoms with Crippen molar-refractivity contribution in [2.24, 2.45) is 0 Å². The molecule has 132 valence electrons. The lowest BCUT2D eigenvalue weighted by Crippen LogP contribution is -2.25. The second kappa shape index (κ2) is 8.99. The molecule has 0 aliphatic rings. The lowest BCUT2D eigenvalue weighted by atomic mass is 10.1. The largest absolute Gasteiger partial charge is 0.502 e. The highest BCUT2D eigenvalue weighted by Crippen LogP contribution is 2.27. The van der Waals surface area contributed by atoms with E-state index in [1.165, 1.54) is 12.1 Å². The number of nitrogens with one attached hydrogen (secondary N) is 1. The first-order valence-electron chi connectivity index (χ1n) is 7.92. The van der Waals surface area contributed by atoms with Crippen molar-refractivity contribution in [2.45, 2.75) is 12.8 Å². The number of carbonyl (C=O) groups is 1. The van der Waals surface area contributed by atoms with Gasteiger partial charge in [-0.05, 0) is 36.1 Å². The highest BCUT2D eigenvalue weighted by atomic mass is 16.6. The zero-order valence-corrected chi connectivity index (χ0v) is 13.9. The van der Waals surface area contributed by atoms with E-state index in [1.807, 2.05) is 30.3 Å². The van der Waals surface area contributed by atoms with Gasteiger partial charge in [0.1, 0.15) is 11.6 Å². The number of hydrogen-bond acceptors (Lipinski definition) is 5. The number of nitro benzene ring substituents is 1. The molecule has 0 fully saturated rings. The minimum absolute atomic E-state index is 0.162. The van der Waals surface area contributed by atoms with Crippen LogP contribution in [0.15, 0.2) is 54.1 Å². The first-order valence-corrected chi connectivity index (χ1v) is 7.92. The monoisotopic (exact) mass is 351 g/mol. The Hall–Kier alpha value is -3.66. The van der Waals surface area contributed by atoms with Crippen LogP contribution >= 0.6 is 0 Å². The molecule has 1 amide bonds.